The Kier molecular flexibility index (Phi) is 9.49. The molecule has 0 bridgehead atoms. The number of benzene rings is 2. The molecule has 0 unspecified atom stereocenters. The fraction of sp³-hybridized carbons (Fsp3) is 0.458. The van der Waals surface area contributed by atoms with Crippen LogP contribution in [0.4, 0.5) is 20.6 Å². The topological polar surface area (TPSA) is 62.0 Å². The highest BCUT2D eigenvalue weighted by molar-refractivity contribution is 7.82. The van der Waals surface area contributed by atoms with E-state index < -0.39 is 6.03 Å². The zero-order valence-electron chi connectivity index (χ0n) is 18.5. The maximum atomic E-state index is 13.1. The predicted octanol–water partition coefficient (Wildman–Crippen LogP) is 4.71. The van der Waals surface area contributed by atoms with E-state index in [1.54, 1.807) is 12.1 Å². The number of hydrogen-bond donors (Lipinski definition) is 2. The molecule has 2 N–H and O–H groups in total. The van der Waals surface area contributed by atoms with E-state index in [0.717, 1.165) is 55.6 Å². The van der Waals surface area contributed by atoms with E-state index in [2.05, 4.69) is 22.6 Å². The summed E-state index contributed by atoms with van der Waals surface area (Å²) in [5.74, 6) is 0.528. The molecule has 1 aliphatic heterocycles. The number of primary amides is 1. The van der Waals surface area contributed by atoms with Crippen molar-refractivity contribution in [2.75, 3.05) is 48.5 Å². The number of amides is 2. The Morgan fingerprint density at radius 3 is 2.41 bits per heavy atom. The second kappa shape index (κ2) is 12.6. The normalized spacial score (nSPS) is 14.4. The Morgan fingerprint density at radius 2 is 1.69 bits per heavy atom. The van der Waals surface area contributed by atoms with E-state index in [0.29, 0.717) is 18.0 Å². The number of urea groups is 1. The highest BCUT2D eigenvalue weighted by atomic mass is 32.1. The minimum atomic E-state index is -0.625. The molecule has 6 nitrogen and oxygen atoms in total. The van der Waals surface area contributed by atoms with Gasteiger partial charge in [0.05, 0.1) is 12.3 Å². The van der Waals surface area contributed by atoms with Crippen molar-refractivity contribution in [3.8, 4) is 5.75 Å². The van der Waals surface area contributed by atoms with Crippen LogP contribution >= 0.6 is 12.8 Å². The monoisotopic (exact) mass is 460 g/mol. The first-order valence-electron chi connectivity index (χ1n) is 11.3. The third-order valence-electron chi connectivity index (χ3n) is 5.72. The van der Waals surface area contributed by atoms with Crippen molar-refractivity contribution in [3.63, 3.8) is 0 Å². The first kappa shape index (κ1) is 24.2. The van der Waals surface area contributed by atoms with Crippen LogP contribution in [0.2, 0.25) is 0 Å². The first-order valence-corrected chi connectivity index (χ1v) is 11.7. The zero-order valence-corrected chi connectivity index (χ0v) is 19.4. The Morgan fingerprint density at radius 1 is 1.00 bits per heavy atom. The number of nitrogens with zero attached hydrogens (tertiary/aromatic N) is 3. The molecule has 1 fully saturated rings. The molecule has 8 heteroatoms. The predicted molar refractivity (Wildman–Crippen MR) is 131 cm³/mol. The molecular formula is C24H33FN4O2S. The molecule has 0 aliphatic carbocycles. The van der Waals surface area contributed by atoms with Gasteiger partial charge in [0.1, 0.15) is 11.6 Å². The van der Waals surface area contributed by atoms with Gasteiger partial charge in [-0.3, -0.25) is 4.90 Å². The summed E-state index contributed by atoms with van der Waals surface area (Å²) in [5, 5.41) is 0. The highest BCUT2D eigenvalue weighted by Gasteiger charge is 2.16. The van der Waals surface area contributed by atoms with E-state index in [4.69, 9.17) is 10.5 Å². The van der Waals surface area contributed by atoms with Gasteiger partial charge in [-0.25, -0.2) is 13.5 Å². The van der Waals surface area contributed by atoms with E-state index in [-0.39, 0.29) is 5.82 Å². The Balaban J connectivity index is 1.22. The molecular weight excluding hydrogens is 427 g/mol. The maximum absolute atomic E-state index is 13.1. The van der Waals surface area contributed by atoms with Crippen LogP contribution in [0.1, 0.15) is 32.1 Å². The number of carbonyl (C=O) groups excluding carboxylic acids is 1. The van der Waals surface area contributed by atoms with Gasteiger partial charge in [-0.1, -0.05) is 38.1 Å². The van der Waals surface area contributed by atoms with Gasteiger partial charge in [-0.05, 0) is 55.8 Å². The zero-order chi connectivity index (χ0) is 22.8. The Labute approximate surface area is 195 Å². The largest absolute Gasteiger partial charge is 0.494 e. The van der Waals surface area contributed by atoms with Gasteiger partial charge in [0, 0.05) is 37.9 Å². The molecule has 1 saturated heterocycles. The van der Waals surface area contributed by atoms with Crippen LogP contribution < -0.4 is 19.7 Å². The summed E-state index contributed by atoms with van der Waals surface area (Å²) in [6.45, 7) is 5.90. The lowest BCUT2D eigenvalue weighted by Crippen LogP contribution is -2.46. The summed E-state index contributed by atoms with van der Waals surface area (Å²) in [7, 11) is 0. The molecule has 1 aliphatic rings. The average Bonchev–Trinajstić information content (AvgIpc) is 2.81. The molecule has 2 aromatic carbocycles. The first-order chi connectivity index (χ1) is 15.5. The molecule has 0 aromatic heterocycles. The second-order valence-electron chi connectivity index (χ2n) is 8.07. The number of thiol groups is 1. The Bertz CT molecular complexity index is 844. The van der Waals surface area contributed by atoms with E-state index in [9.17, 15) is 9.18 Å². The fourth-order valence-corrected chi connectivity index (χ4v) is 4.00. The van der Waals surface area contributed by atoms with Crippen LogP contribution in [0.3, 0.4) is 0 Å². The summed E-state index contributed by atoms with van der Waals surface area (Å²) in [4.78, 5) is 16.0. The lowest BCUT2D eigenvalue weighted by molar-refractivity contribution is 0.251. The van der Waals surface area contributed by atoms with Gasteiger partial charge in [0.25, 0.3) is 0 Å². The average molecular weight is 461 g/mol. The number of ether oxygens (including phenoxy) is 1. The maximum Gasteiger partial charge on any atom is 0.329 e. The number of hydrogen-bond acceptors (Lipinski definition) is 5. The van der Waals surface area contributed by atoms with Gasteiger partial charge >= 0.3 is 6.03 Å². The third kappa shape index (κ3) is 7.60. The minimum absolute atomic E-state index is 0.182. The smallest absolute Gasteiger partial charge is 0.329 e. The lowest BCUT2D eigenvalue weighted by Gasteiger charge is -2.36. The van der Waals surface area contributed by atoms with Gasteiger partial charge in [-0.2, -0.15) is 0 Å². The molecule has 0 saturated carbocycles. The van der Waals surface area contributed by atoms with E-state index in [1.165, 1.54) is 31.4 Å². The number of rotatable bonds is 11. The van der Waals surface area contributed by atoms with E-state index in [1.807, 2.05) is 24.3 Å². The summed E-state index contributed by atoms with van der Waals surface area (Å²) >= 11 is 4.07. The van der Waals surface area contributed by atoms with Crippen molar-refractivity contribution in [1.82, 2.24) is 4.90 Å². The third-order valence-corrected chi connectivity index (χ3v) is 6.15. The number of carbonyl (C=O) groups is 1. The van der Waals surface area contributed by atoms with Crippen LogP contribution in [0, 0.1) is 5.82 Å². The number of unbranched alkanes of at least 4 members (excludes halogenated alkanes) is 4. The summed E-state index contributed by atoms with van der Waals surface area (Å²) in [6.07, 6.45) is 5.77. The quantitative estimate of drug-likeness (QED) is 0.377. The lowest BCUT2D eigenvalue weighted by atomic mass is 10.1. The van der Waals surface area contributed by atoms with Gasteiger partial charge < -0.3 is 15.4 Å². The molecule has 2 aromatic rings. The van der Waals surface area contributed by atoms with Crippen LogP contribution in [-0.4, -0.2) is 50.3 Å². The van der Waals surface area contributed by atoms with Crippen molar-refractivity contribution in [1.29, 1.82) is 0 Å². The molecule has 32 heavy (non-hydrogen) atoms. The standard InChI is InChI=1S/C24H33FN4O2S/c25-20-9-11-21(12-10-20)28-16-14-27(15-17-28)13-4-2-1-3-5-18-31-23-8-6-7-22(19-23)29(32)24(26)30/h6-12,19,32H,1-5,13-18H2,(H2,26,30). The number of halogens is 1. The SMILES string of the molecule is NC(=O)N(S)c1cccc(OCCCCCCCN2CCN(c3ccc(F)cc3)CC2)c1. The van der Waals surface area contributed by atoms with Crippen LogP contribution in [-0.2, 0) is 0 Å². The molecule has 0 spiro atoms. The van der Waals surface area contributed by atoms with Crippen molar-refractivity contribution < 1.29 is 13.9 Å². The molecule has 174 valence electrons. The van der Waals surface area contributed by atoms with Crippen LogP contribution in [0.25, 0.3) is 0 Å². The summed E-state index contributed by atoms with van der Waals surface area (Å²) in [6, 6.07) is 13.4. The summed E-state index contributed by atoms with van der Waals surface area (Å²) in [5.41, 5.74) is 6.93. The molecule has 0 radical (unpaired) electrons. The molecule has 3 rings (SSSR count). The van der Waals surface area contributed by atoms with Gasteiger partial charge in [-0.15, -0.1) is 0 Å². The van der Waals surface area contributed by atoms with Crippen molar-refractivity contribution in [2.24, 2.45) is 5.73 Å². The number of anilines is 2. The van der Waals surface area contributed by atoms with E-state index >= 15 is 0 Å². The minimum Gasteiger partial charge on any atom is -0.494 e. The second-order valence-corrected chi connectivity index (χ2v) is 8.47. The van der Waals surface area contributed by atoms with Crippen molar-refractivity contribution >= 4 is 30.2 Å². The fourth-order valence-electron chi connectivity index (χ4n) is 3.87. The van der Waals surface area contributed by atoms with Crippen LogP contribution in [0.15, 0.2) is 48.5 Å². The summed E-state index contributed by atoms with van der Waals surface area (Å²) < 4.78 is 20.0. The van der Waals surface area contributed by atoms with Crippen molar-refractivity contribution in [3.05, 3.63) is 54.3 Å². The molecule has 0 atom stereocenters. The number of piperazine rings is 1. The Hall–Kier alpha value is -2.45. The highest BCUT2D eigenvalue weighted by Crippen LogP contribution is 2.22. The van der Waals surface area contributed by atoms with Crippen molar-refractivity contribution in [2.45, 2.75) is 32.1 Å². The molecule has 1 heterocycles. The van der Waals surface area contributed by atoms with Crippen LogP contribution in [0.5, 0.6) is 5.75 Å². The van der Waals surface area contributed by atoms with Gasteiger partial charge in [0.15, 0.2) is 0 Å². The van der Waals surface area contributed by atoms with Gasteiger partial charge in [0.2, 0.25) is 0 Å². The number of nitrogens with two attached hydrogens (primary N) is 1. The molecule has 2 amide bonds.